The van der Waals surface area contributed by atoms with Crippen LogP contribution in [-0.2, 0) is 5.66 Å². The maximum absolute atomic E-state index is 4.80. The SMILES string of the molecule is c1ccc(N2C(c3ccc[nH]3)=C(c3cnccn3)N(c3ncccn3)C2(c2cccnn2)c2ccn[nH]2)nc1. The molecule has 1 aliphatic heterocycles. The van der Waals surface area contributed by atoms with E-state index in [-0.39, 0.29) is 0 Å². The largest absolute Gasteiger partial charge is 0.360 e. The smallest absolute Gasteiger partial charge is 0.232 e. The van der Waals surface area contributed by atoms with Gasteiger partial charge in [-0.2, -0.15) is 15.3 Å². The van der Waals surface area contributed by atoms with Crippen LogP contribution in [0.3, 0.4) is 0 Å². The Morgan fingerprint density at radius 3 is 2.31 bits per heavy atom. The number of hydrogen-bond donors (Lipinski definition) is 2. The lowest BCUT2D eigenvalue weighted by Crippen LogP contribution is -2.55. The molecule has 1 unspecified atom stereocenters. The van der Waals surface area contributed by atoms with Crippen LogP contribution in [0.15, 0.2) is 110 Å². The van der Waals surface area contributed by atoms with Crippen molar-refractivity contribution in [2.45, 2.75) is 5.66 Å². The van der Waals surface area contributed by atoms with Crippen molar-refractivity contribution < 1.29 is 0 Å². The van der Waals surface area contributed by atoms with Crippen molar-refractivity contribution in [3.63, 3.8) is 0 Å². The van der Waals surface area contributed by atoms with Crippen molar-refractivity contribution in [2.75, 3.05) is 9.80 Å². The first-order valence-corrected chi connectivity index (χ1v) is 12.1. The van der Waals surface area contributed by atoms with Gasteiger partial charge in [0.2, 0.25) is 11.6 Å². The number of aromatic nitrogens is 10. The molecular formula is C27H20N12. The van der Waals surface area contributed by atoms with Crippen molar-refractivity contribution in [1.82, 2.24) is 50.3 Å². The fourth-order valence-electron chi connectivity index (χ4n) is 4.98. The van der Waals surface area contributed by atoms with E-state index in [1.807, 2.05) is 59.6 Å². The summed E-state index contributed by atoms with van der Waals surface area (Å²) in [5, 5.41) is 16.5. The Bertz CT molecular complexity index is 1690. The molecule has 0 radical (unpaired) electrons. The average Bonchev–Trinajstić information content (AvgIpc) is 3.79. The zero-order valence-electron chi connectivity index (χ0n) is 20.4. The van der Waals surface area contributed by atoms with Crippen LogP contribution in [0.1, 0.15) is 22.8 Å². The minimum Gasteiger partial charge on any atom is -0.360 e. The van der Waals surface area contributed by atoms with Gasteiger partial charge in [0, 0.05) is 49.6 Å². The van der Waals surface area contributed by atoms with Crippen LogP contribution in [0.5, 0.6) is 0 Å². The van der Waals surface area contributed by atoms with Crippen LogP contribution in [0, 0.1) is 0 Å². The lowest BCUT2D eigenvalue weighted by Gasteiger charge is -2.43. The Morgan fingerprint density at radius 1 is 0.692 bits per heavy atom. The zero-order valence-corrected chi connectivity index (χ0v) is 20.4. The Kier molecular flexibility index (Phi) is 5.33. The molecule has 2 N–H and O–H groups in total. The van der Waals surface area contributed by atoms with Gasteiger partial charge in [-0.1, -0.05) is 6.07 Å². The fraction of sp³-hybridized carbons (Fsp3) is 0.0370. The van der Waals surface area contributed by atoms with Gasteiger partial charge in [-0.05, 0) is 48.5 Å². The van der Waals surface area contributed by atoms with Crippen LogP contribution in [0.4, 0.5) is 11.8 Å². The summed E-state index contributed by atoms with van der Waals surface area (Å²) in [6, 6.07) is 17.1. The summed E-state index contributed by atoms with van der Waals surface area (Å²) in [6.07, 6.45) is 15.4. The molecule has 0 saturated carbocycles. The van der Waals surface area contributed by atoms with E-state index in [0.29, 0.717) is 34.5 Å². The quantitative estimate of drug-likeness (QED) is 0.341. The van der Waals surface area contributed by atoms with Gasteiger partial charge >= 0.3 is 0 Å². The summed E-state index contributed by atoms with van der Waals surface area (Å²) in [5.41, 5.74) is 2.86. The van der Waals surface area contributed by atoms with Crippen molar-refractivity contribution in [2.24, 2.45) is 0 Å². The molecule has 0 spiro atoms. The van der Waals surface area contributed by atoms with Gasteiger partial charge in [0.1, 0.15) is 22.9 Å². The fourth-order valence-corrected chi connectivity index (χ4v) is 4.98. The molecule has 0 aliphatic carbocycles. The number of H-pyrrole nitrogens is 2. The lowest BCUT2D eigenvalue weighted by atomic mass is 9.97. The molecule has 6 aromatic rings. The molecule has 0 saturated heterocycles. The molecule has 39 heavy (non-hydrogen) atoms. The maximum Gasteiger partial charge on any atom is 0.232 e. The van der Waals surface area contributed by atoms with Crippen LogP contribution >= 0.6 is 0 Å². The van der Waals surface area contributed by atoms with Crippen molar-refractivity contribution in [1.29, 1.82) is 0 Å². The summed E-state index contributed by atoms with van der Waals surface area (Å²) in [7, 11) is 0. The van der Waals surface area contributed by atoms with Gasteiger partial charge in [0.25, 0.3) is 0 Å². The van der Waals surface area contributed by atoms with Gasteiger partial charge in [-0.15, -0.1) is 0 Å². The summed E-state index contributed by atoms with van der Waals surface area (Å²) < 4.78 is 0. The number of nitrogens with one attached hydrogen (secondary N) is 2. The van der Waals surface area contributed by atoms with Crippen molar-refractivity contribution in [3.05, 3.63) is 133 Å². The topological polar surface area (TPSA) is 141 Å². The zero-order chi connectivity index (χ0) is 26.1. The molecule has 1 atom stereocenters. The van der Waals surface area contributed by atoms with Gasteiger partial charge in [-0.25, -0.2) is 15.0 Å². The Morgan fingerprint density at radius 2 is 1.62 bits per heavy atom. The number of aromatic amines is 2. The maximum atomic E-state index is 4.80. The van der Waals surface area contributed by atoms with E-state index in [0.717, 1.165) is 11.4 Å². The van der Waals surface area contributed by atoms with Crippen LogP contribution in [-0.4, -0.2) is 50.3 Å². The van der Waals surface area contributed by atoms with E-state index in [9.17, 15) is 0 Å². The highest BCUT2D eigenvalue weighted by Gasteiger charge is 2.59. The van der Waals surface area contributed by atoms with Crippen LogP contribution in [0.25, 0.3) is 11.4 Å². The highest BCUT2D eigenvalue weighted by Crippen LogP contribution is 2.55. The minimum absolute atomic E-state index is 0.404. The van der Waals surface area contributed by atoms with Crippen LogP contribution < -0.4 is 9.80 Å². The number of hydrogen-bond acceptors (Lipinski definition) is 10. The average molecular weight is 513 g/mol. The first-order chi connectivity index (χ1) is 19.4. The Balaban J connectivity index is 1.70. The molecular weight excluding hydrogens is 492 g/mol. The Hall–Kier alpha value is -5.78. The lowest BCUT2D eigenvalue weighted by molar-refractivity contribution is 0.505. The van der Waals surface area contributed by atoms with E-state index >= 15 is 0 Å². The predicted molar refractivity (Wildman–Crippen MR) is 142 cm³/mol. The third kappa shape index (κ3) is 3.46. The minimum atomic E-state index is -1.26. The normalized spacial score (nSPS) is 17.1. The van der Waals surface area contributed by atoms with Crippen molar-refractivity contribution in [3.8, 4) is 0 Å². The molecule has 0 fully saturated rings. The molecule has 188 valence electrons. The van der Waals surface area contributed by atoms with Crippen LogP contribution in [0.2, 0.25) is 0 Å². The summed E-state index contributed by atoms with van der Waals surface area (Å²) in [6.45, 7) is 0. The van der Waals surface area contributed by atoms with Gasteiger partial charge in [0.05, 0.1) is 23.3 Å². The second-order valence-corrected chi connectivity index (χ2v) is 8.53. The number of rotatable bonds is 6. The van der Waals surface area contributed by atoms with Gasteiger partial charge in [0.15, 0.2) is 0 Å². The van der Waals surface area contributed by atoms with Gasteiger partial charge < -0.3 is 4.98 Å². The van der Waals surface area contributed by atoms with E-state index in [2.05, 4.69) is 35.3 Å². The number of anilines is 2. The summed E-state index contributed by atoms with van der Waals surface area (Å²) >= 11 is 0. The number of nitrogens with zero attached hydrogens (tertiary/aromatic N) is 10. The second-order valence-electron chi connectivity index (χ2n) is 8.53. The third-order valence-corrected chi connectivity index (χ3v) is 6.41. The van der Waals surface area contributed by atoms with E-state index in [4.69, 9.17) is 19.9 Å². The third-order valence-electron chi connectivity index (χ3n) is 6.41. The summed E-state index contributed by atoms with van der Waals surface area (Å²) in [4.78, 5) is 30.8. The van der Waals surface area contributed by atoms with E-state index < -0.39 is 5.66 Å². The van der Waals surface area contributed by atoms with Gasteiger partial charge in [-0.3, -0.25) is 24.9 Å². The molecule has 7 heterocycles. The second kappa shape index (κ2) is 9.27. The molecule has 12 nitrogen and oxygen atoms in total. The first-order valence-electron chi connectivity index (χ1n) is 12.1. The highest BCUT2D eigenvalue weighted by molar-refractivity contribution is 6.06. The van der Waals surface area contributed by atoms with E-state index in [1.54, 1.807) is 55.6 Å². The highest BCUT2D eigenvalue weighted by atomic mass is 15.5. The standard InChI is InChI=1S/C27H20N12/c1-2-10-31-23(8-1)38-24(19-6-3-11-29-19)25(20-18-28-16-17-30-20)39(26-32-12-5-13-33-26)27(38,22-9-15-35-37-22)21-7-4-14-34-36-21/h1-18,29H,(H,35,37). The van der Waals surface area contributed by atoms with Crippen molar-refractivity contribution >= 4 is 23.2 Å². The number of pyridine rings is 1. The molecule has 12 heteroatoms. The molecule has 7 rings (SSSR count). The molecule has 6 aromatic heterocycles. The monoisotopic (exact) mass is 512 g/mol. The first kappa shape index (κ1) is 22.4. The summed E-state index contributed by atoms with van der Waals surface area (Å²) in [5.74, 6) is 1.04. The molecule has 0 aromatic carbocycles. The molecule has 0 amide bonds. The predicted octanol–water partition coefficient (Wildman–Crippen LogP) is 3.26. The Labute approximate surface area is 222 Å². The molecule has 1 aliphatic rings. The van der Waals surface area contributed by atoms with E-state index in [1.165, 1.54) is 0 Å². The molecule has 0 bridgehead atoms.